The molecule has 15 heavy (non-hydrogen) atoms. The second-order valence-corrected chi connectivity index (χ2v) is 4.29. The molecule has 0 saturated heterocycles. The van der Waals surface area contributed by atoms with Crippen molar-refractivity contribution in [2.45, 2.75) is 0 Å². The monoisotopic (exact) mass is 220 g/mol. The van der Waals surface area contributed by atoms with Crippen LogP contribution < -0.4 is 4.90 Å². The van der Waals surface area contributed by atoms with Crippen molar-refractivity contribution in [1.29, 1.82) is 0 Å². The van der Waals surface area contributed by atoms with E-state index in [1.807, 2.05) is 36.5 Å². The van der Waals surface area contributed by atoms with Crippen LogP contribution in [0.15, 0.2) is 29.6 Å². The third-order valence-corrected chi connectivity index (χ3v) is 3.05. The van der Waals surface area contributed by atoms with Crippen molar-refractivity contribution in [3.63, 3.8) is 0 Å². The fourth-order valence-corrected chi connectivity index (χ4v) is 2.00. The first-order valence-corrected chi connectivity index (χ1v) is 5.47. The largest absolute Gasteiger partial charge is 0.508 e. The minimum absolute atomic E-state index is 0.279. The molecule has 0 radical (unpaired) electrons. The van der Waals surface area contributed by atoms with Crippen LogP contribution in [0.1, 0.15) is 0 Å². The number of rotatable bonds is 2. The topological polar surface area (TPSA) is 36.4 Å². The summed E-state index contributed by atoms with van der Waals surface area (Å²) in [7, 11) is 3.94. The Hall–Kier alpha value is -1.55. The van der Waals surface area contributed by atoms with Crippen LogP contribution in [-0.2, 0) is 0 Å². The summed E-state index contributed by atoms with van der Waals surface area (Å²) in [6.07, 6.45) is 0. The van der Waals surface area contributed by atoms with Crippen LogP contribution in [0.5, 0.6) is 5.75 Å². The van der Waals surface area contributed by atoms with E-state index in [2.05, 4.69) is 4.98 Å². The molecular weight excluding hydrogens is 208 g/mol. The third kappa shape index (κ3) is 2.10. The van der Waals surface area contributed by atoms with Gasteiger partial charge in [0.2, 0.25) is 0 Å². The normalized spacial score (nSPS) is 10.3. The highest BCUT2D eigenvalue weighted by Gasteiger charge is 2.05. The van der Waals surface area contributed by atoms with Gasteiger partial charge in [-0.05, 0) is 24.3 Å². The predicted octanol–water partition coefficient (Wildman–Crippen LogP) is 2.58. The molecule has 1 N–H and O–H groups in total. The van der Waals surface area contributed by atoms with Crippen LogP contribution in [0.2, 0.25) is 0 Å². The number of aromatic hydroxyl groups is 1. The lowest BCUT2D eigenvalue weighted by Crippen LogP contribution is -2.07. The third-order valence-electron chi connectivity index (χ3n) is 2.04. The van der Waals surface area contributed by atoms with Crippen LogP contribution >= 0.6 is 11.3 Å². The van der Waals surface area contributed by atoms with Crippen LogP contribution in [0, 0.1) is 0 Å². The molecule has 0 unspecified atom stereocenters. The summed E-state index contributed by atoms with van der Waals surface area (Å²) in [5, 5.41) is 12.2. The molecule has 3 nitrogen and oxygen atoms in total. The Balaban J connectivity index is 2.33. The second-order valence-electron chi connectivity index (χ2n) is 3.46. The van der Waals surface area contributed by atoms with Crippen molar-refractivity contribution < 1.29 is 5.11 Å². The molecule has 0 spiro atoms. The smallest absolute Gasteiger partial charge is 0.185 e. The standard InChI is InChI=1S/C11H12N2OS/c1-13(2)11-12-10(7-15-11)8-3-5-9(14)6-4-8/h3-7,14H,1-2H3. The lowest BCUT2D eigenvalue weighted by atomic mass is 10.2. The van der Waals surface area contributed by atoms with Gasteiger partial charge in [-0.2, -0.15) is 0 Å². The molecule has 0 saturated carbocycles. The van der Waals surface area contributed by atoms with E-state index < -0.39 is 0 Å². The van der Waals surface area contributed by atoms with E-state index in [0.717, 1.165) is 16.4 Å². The van der Waals surface area contributed by atoms with E-state index in [4.69, 9.17) is 0 Å². The molecule has 0 atom stereocenters. The first-order chi connectivity index (χ1) is 7.16. The molecule has 0 aliphatic carbocycles. The predicted molar refractivity (Wildman–Crippen MR) is 63.5 cm³/mol. The number of hydrogen-bond donors (Lipinski definition) is 1. The minimum Gasteiger partial charge on any atom is -0.508 e. The molecule has 1 aromatic heterocycles. The Bertz CT molecular complexity index is 448. The van der Waals surface area contributed by atoms with Gasteiger partial charge >= 0.3 is 0 Å². The van der Waals surface area contributed by atoms with Gasteiger partial charge in [0.05, 0.1) is 5.69 Å². The van der Waals surface area contributed by atoms with Gasteiger partial charge < -0.3 is 10.0 Å². The molecule has 0 fully saturated rings. The molecule has 1 heterocycles. The van der Waals surface area contributed by atoms with Crippen molar-refractivity contribution in [3.05, 3.63) is 29.6 Å². The molecule has 1 aromatic carbocycles. The number of phenols is 1. The zero-order chi connectivity index (χ0) is 10.8. The Morgan fingerprint density at radius 1 is 1.20 bits per heavy atom. The van der Waals surface area contributed by atoms with Crippen LogP contribution in [-0.4, -0.2) is 24.2 Å². The molecule has 0 aliphatic rings. The maximum atomic E-state index is 9.17. The molecule has 0 bridgehead atoms. The highest BCUT2D eigenvalue weighted by atomic mass is 32.1. The maximum Gasteiger partial charge on any atom is 0.185 e. The lowest BCUT2D eigenvalue weighted by molar-refractivity contribution is 0.475. The second kappa shape index (κ2) is 3.90. The van der Waals surface area contributed by atoms with Crippen LogP contribution in [0.3, 0.4) is 0 Å². The van der Waals surface area contributed by atoms with E-state index >= 15 is 0 Å². The highest BCUT2D eigenvalue weighted by molar-refractivity contribution is 7.14. The number of nitrogens with zero attached hydrogens (tertiary/aromatic N) is 2. The molecule has 4 heteroatoms. The first-order valence-electron chi connectivity index (χ1n) is 4.59. The van der Waals surface area contributed by atoms with E-state index in [0.29, 0.717) is 0 Å². The molecular formula is C11H12N2OS. The number of phenolic OH excluding ortho intramolecular Hbond substituents is 1. The summed E-state index contributed by atoms with van der Waals surface area (Å²) in [5.74, 6) is 0.279. The van der Waals surface area contributed by atoms with Crippen molar-refractivity contribution in [3.8, 4) is 17.0 Å². The lowest BCUT2D eigenvalue weighted by Gasteiger charge is -2.05. The first kappa shape index (κ1) is 9.98. The average molecular weight is 220 g/mol. The summed E-state index contributed by atoms with van der Waals surface area (Å²) in [6, 6.07) is 7.07. The Kier molecular flexibility index (Phi) is 2.60. The molecule has 0 aliphatic heterocycles. The summed E-state index contributed by atoms with van der Waals surface area (Å²) >= 11 is 1.61. The molecule has 2 aromatic rings. The van der Waals surface area contributed by atoms with E-state index in [-0.39, 0.29) is 5.75 Å². The van der Waals surface area contributed by atoms with E-state index in [9.17, 15) is 5.11 Å². The van der Waals surface area contributed by atoms with Gasteiger partial charge in [0.15, 0.2) is 5.13 Å². The fraction of sp³-hybridized carbons (Fsp3) is 0.182. The Morgan fingerprint density at radius 3 is 2.40 bits per heavy atom. The quantitative estimate of drug-likeness (QED) is 0.845. The van der Waals surface area contributed by atoms with Gasteiger partial charge in [-0.3, -0.25) is 0 Å². The summed E-state index contributed by atoms with van der Waals surface area (Å²) < 4.78 is 0. The minimum atomic E-state index is 0.279. The highest BCUT2D eigenvalue weighted by Crippen LogP contribution is 2.27. The SMILES string of the molecule is CN(C)c1nc(-c2ccc(O)cc2)cs1. The summed E-state index contributed by atoms with van der Waals surface area (Å²) in [4.78, 5) is 6.45. The fourth-order valence-electron chi connectivity index (χ4n) is 1.23. The van der Waals surface area contributed by atoms with Gasteiger partial charge in [-0.15, -0.1) is 11.3 Å². The van der Waals surface area contributed by atoms with Gasteiger partial charge in [0.25, 0.3) is 0 Å². The zero-order valence-electron chi connectivity index (χ0n) is 8.64. The number of benzene rings is 1. The van der Waals surface area contributed by atoms with Crippen LogP contribution in [0.4, 0.5) is 5.13 Å². The number of hydrogen-bond acceptors (Lipinski definition) is 4. The van der Waals surface area contributed by atoms with Crippen molar-refractivity contribution in [2.24, 2.45) is 0 Å². The number of aromatic nitrogens is 1. The Labute approximate surface area is 92.6 Å². The maximum absolute atomic E-state index is 9.17. The zero-order valence-corrected chi connectivity index (χ0v) is 9.45. The van der Waals surface area contributed by atoms with Crippen molar-refractivity contribution in [2.75, 3.05) is 19.0 Å². The summed E-state index contributed by atoms with van der Waals surface area (Å²) in [6.45, 7) is 0. The van der Waals surface area contributed by atoms with Crippen molar-refractivity contribution >= 4 is 16.5 Å². The van der Waals surface area contributed by atoms with Gasteiger partial charge in [-0.25, -0.2) is 4.98 Å². The molecule has 0 amide bonds. The van der Waals surface area contributed by atoms with Gasteiger partial charge in [-0.1, -0.05) is 0 Å². The number of thiazole rings is 1. The molecule has 2 rings (SSSR count). The Morgan fingerprint density at radius 2 is 1.87 bits per heavy atom. The average Bonchev–Trinajstić information content (AvgIpc) is 2.68. The van der Waals surface area contributed by atoms with Crippen LogP contribution in [0.25, 0.3) is 11.3 Å². The molecule has 78 valence electrons. The van der Waals surface area contributed by atoms with E-state index in [1.165, 1.54) is 0 Å². The van der Waals surface area contributed by atoms with E-state index in [1.54, 1.807) is 23.5 Å². The van der Waals surface area contributed by atoms with Crippen molar-refractivity contribution in [1.82, 2.24) is 4.98 Å². The van der Waals surface area contributed by atoms with Gasteiger partial charge in [0, 0.05) is 25.0 Å². The number of anilines is 1. The van der Waals surface area contributed by atoms with Gasteiger partial charge in [0.1, 0.15) is 5.75 Å². The summed E-state index contributed by atoms with van der Waals surface area (Å²) in [5.41, 5.74) is 1.97.